The maximum atomic E-state index is 12.9. The quantitative estimate of drug-likeness (QED) is 0.279. The van der Waals surface area contributed by atoms with Crippen LogP contribution in [0.15, 0.2) is 47.6 Å². The molecule has 0 fully saturated rings. The van der Waals surface area contributed by atoms with Gasteiger partial charge >= 0.3 is 0 Å². The van der Waals surface area contributed by atoms with E-state index in [2.05, 4.69) is 34.7 Å². The molecule has 0 saturated carbocycles. The minimum Gasteiger partial charge on any atom is -0.342 e. The monoisotopic (exact) mass is 547 g/mol. The maximum Gasteiger partial charge on any atom is 0.251 e. The van der Waals surface area contributed by atoms with Crippen LogP contribution >= 0.6 is 35.0 Å². The van der Waals surface area contributed by atoms with E-state index in [9.17, 15) is 9.59 Å². The second-order valence-electron chi connectivity index (χ2n) is 9.02. The van der Waals surface area contributed by atoms with Gasteiger partial charge in [0.2, 0.25) is 5.91 Å². The van der Waals surface area contributed by atoms with Gasteiger partial charge in [-0.15, -0.1) is 10.2 Å². The number of anilines is 1. The van der Waals surface area contributed by atoms with E-state index in [4.69, 9.17) is 23.2 Å². The number of nitrogens with one attached hydrogen (secondary N) is 2. The van der Waals surface area contributed by atoms with Gasteiger partial charge in [0.15, 0.2) is 11.0 Å². The predicted molar refractivity (Wildman–Crippen MR) is 147 cm³/mol. The Morgan fingerprint density at radius 2 is 1.69 bits per heavy atom. The number of carbonyl (C=O) groups is 2. The van der Waals surface area contributed by atoms with Gasteiger partial charge in [-0.25, -0.2) is 0 Å². The topological polar surface area (TPSA) is 88.9 Å². The van der Waals surface area contributed by atoms with E-state index in [1.165, 1.54) is 23.4 Å². The molecule has 1 atom stereocenters. The van der Waals surface area contributed by atoms with E-state index < -0.39 is 0 Å². The van der Waals surface area contributed by atoms with Gasteiger partial charge in [0.05, 0.1) is 21.8 Å². The zero-order chi connectivity index (χ0) is 26.4. The largest absolute Gasteiger partial charge is 0.342 e. The summed E-state index contributed by atoms with van der Waals surface area (Å²) >= 11 is 13.4. The first-order chi connectivity index (χ1) is 17.1. The van der Waals surface area contributed by atoms with Crippen LogP contribution in [0.3, 0.4) is 0 Å². The smallest absolute Gasteiger partial charge is 0.251 e. The summed E-state index contributed by atoms with van der Waals surface area (Å²) in [6.45, 7) is 10.8. The molecule has 0 aliphatic heterocycles. The molecule has 2 amide bonds. The molecule has 0 aliphatic carbocycles. The number of aromatic nitrogens is 3. The lowest BCUT2D eigenvalue weighted by atomic mass is 10.0. The van der Waals surface area contributed by atoms with Crippen molar-refractivity contribution in [2.24, 2.45) is 5.92 Å². The van der Waals surface area contributed by atoms with E-state index in [1.807, 2.05) is 49.6 Å². The summed E-state index contributed by atoms with van der Waals surface area (Å²) in [5.74, 6) is 0.886. The Labute approximate surface area is 226 Å². The number of carbonyl (C=O) groups excluding carboxylic acids is 2. The van der Waals surface area contributed by atoms with Gasteiger partial charge in [-0.3, -0.25) is 9.59 Å². The number of halogens is 2. The molecular formula is C26H31Cl2N5O2S. The maximum absolute atomic E-state index is 12.9. The second-order valence-corrected chi connectivity index (χ2v) is 10.8. The van der Waals surface area contributed by atoms with E-state index in [1.54, 1.807) is 12.1 Å². The van der Waals surface area contributed by atoms with Crippen LogP contribution in [-0.4, -0.2) is 32.3 Å². The van der Waals surface area contributed by atoms with E-state index in [0.29, 0.717) is 39.1 Å². The van der Waals surface area contributed by atoms with Crippen LogP contribution in [0.1, 0.15) is 68.3 Å². The Hall–Kier alpha value is -2.55. The average Bonchev–Trinajstić information content (AvgIpc) is 3.25. The van der Waals surface area contributed by atoms with Gasteiger partial charge < -0.3 is 15.2 Å². The molecule has 0 unspecified atom stereocenters. The molecule has 10 heteroatoms. The minimum atomic E-state index is -0.387. The summed E-state index contributed by atoms with van der Waals surface area (Å²) in [5, 5.41) is 16.0. The molecule has 2 aromatic carbocycles. The van der Waals surface area contributed by atoms with Gasteiger partial charge in [0, 0.05) is 17.8 Å². The summed E-state index contributed by atoms with van der Waals surface area (Å²) < 4.78 is 1.93. The van der Waals surface area contributed by atoms with Crippen LogP contribution in [0.25, 0.3) is 0 Å². The molecular weight excluding hydrogens is 517 g/mol. The first-order valence-corrected chi connectivity index (χ1v) is 13.6. The van der Waals surface area contributed by atoms with Crippen molar-refractivity contribution in [2.45, 2.75) is 58.3 Å². The normalized spacial score (nSPS) is 12.1. The molecule has 0 radical (unpaired) electrons. The van der Waals surface area contributed by atoms with E-state index in [0.717, 1.165) is 5.69 Å². The van der Waals surface area contributed by atoms with Crippen LogP contribution in [0, 0.1) is 5.92 Å². The Balaban J connectivity index is 1.69. The van der Waals surface area contributed by atoms with E-state index >= 15 is 0 Å². The average molecular weight is 549 g/mol. The highest BCUT2D eigenvalue weighted by atomic mass is 35.5. The number of hydrogen-bond acceptors (Lipinski definition) is 5. The van der Waals surface area contributed by atoms with Gasteiger partial charge in [-0.2, -0.15) is 0 Å². The molecule has 3 rings (SSSR count). The Morgan fingerprint density at radius 1 is 1.00 bits per heavy atom. The fraction of sp³-hybridized carbons (Fsp3) is 0.385. The van der Waals surface area contributed by atoms with Crippen LogP contribution in [-0.2, 0) is 11.3 Å². The number of thioether (sulfide) groups is 1. The Morgan fingerprint density at radius 3 is 2.28 bits per heavy atom. The fourth-order valence-corrected chi connectivity index (χ4v) is 4.71. The molecule has 0 spiro atoms. The van der Waals surface area contributed by atoms with Crippen molar-refractivity contribution in [3.63, 3.8) is 0 Å². The van der Waals surface area contributed by atoms with Crippen molar-refractivity contribution >= 4 is 52.5 Å². The minimum absolute atomic E-state index is 0.0428. The number of benzene rings is 2. The molecule has 1 heterocycles. The van der Waals surface area contributed by atoms with Gasteiger partial charge in [0.1, 0.15) is 0 Å². The SMILES string of the molecule is CCn1c(SCC(=O)Nc2ccc(C(C)C)cc2)nnc1[C@H](NC(=O)c1ccc(Cl)c(Cl)c1)C(C)C. The molecule has 0 saturated heterocycles. The molecule has 1 aromatic heterocycles. The molecule has 0 bridgehead atoms. The number of nitrogens with zero attached hydrogens (tertiary/aromatic N) is 3. The first kappa shape index (κ1) is 28.0. The van der Waals surface area contributed by atoms with Crippen molar-refractivity contribution in [2.75, 3.05) is 11.1 Å². The predicted octanol–water partition coefficient (Wildman–Crippen LogP) is 6.59. The third kappa shape index (κ3) is 7.02. The van der Waals surface area contributed by atoms with Gasteiger partial charge in [0.25, 0.3) is 5.91 Å². The van der Waals surface area contributed by atoms with Crippen molar-refractivity contribution in [3.8, 4) is 0 Å². The first-order valence-electron chi connectivity index (χ1n) is 11.8. The lowest BCUT2D eigenvalue weighted by Gasteiger charge is -2.22. The Kier molecular flexibility index (Phi) is 9.82. The Bertz CT molecular complexity index is 1210. The highest BCUT2D eigenvalue weighted by Gasteiger charge is 2.26. The van der Waals surface area contributed by atoms with Crippen LogP contribution in [0.4, 0.5) is 5.69 Å². The molecule has 2 N–H and O–H groups in total. The standard InChI is InChI=1S/C26H31Cl2N5O2S/c1-6-33-24(23(16(4)5)30-25(35)18-9-12-20(27)21(28)13-18)31-32-26(33)36-14-22(34)29-19-10-7-17(8-11-19)15(2)3/h7-13,15-16,23H,6,14H2,1-5H3,(H,29,34)(H,30,35)/t23-/m1/s1. The van der Waals surface area contributed by atoms with Crippen LogP contribution < -0.4 is 10.6 Å². The van der Waals surface area contributed by atoms with Crippen molar-refractivity contribution in [1.82, 2.24) is 20.1 Å². The fourth-order valence-electron chi connectivity index (χ4n) is 3.60. The van der Waals surface area contributed by atoms with Crippen molar-refractivity contribution < 1.29 is 9.59 Å². The zero-order valence-electron chi connectivity index (χ0n) is 21.0. The molecule has 3 aromatic rings. The van der Waals surface area contributed by atoms with Crippen LogP contribution in [0.5, 0.6) is 0 Å². The van der Waals surface area contributed by atoms with Crippen molar-refractivity contribution in [1.29, 1.82) is 0 Å². The molecule has 0 aliphatic rings. The molecule has 36 heavy (non-hydrogen) atoms. The lowest BCUT2D eigenvalue weighted by molar-refractivity contribution is -0.113. The third-order valence-electron chi connectivity index (χ3n) is 5.67. The highest BCUT2D eigenvalue weighted by molar-refractivity contribution is 7.99. The lowest BCUT2D eigenvalue weighted by Crippen LogP contribution is -2.33. The third-order valence-corrected chi connectivity index (χ3v) is 7.37. The summed E-state index contributed by atoms with van der Waals surface area (Å²) in [6.07, 6.45) is 0. The summed E-state index contributed by atoms with van der Waals surface area (Å²) in [6, 6.07) is 12.2. The summed E-state index contributed by atoms with van der Waals surface area (Å²) in [5.41, 5.74) is 2.38. The van der Waals surface area contributed by atoms with Crippen LogP contribution in [0.2, 0.25) is 10.0 Å². The summed E-state index contributed by atoms with van der Waals surface area (Å²) in [7, 11) is 0. The van der Waals surface area contributed by atoms with Crippen molar-refractivity contribution in [3.05, 3.63) is 69.5 Å². The van der Waals surface area contributed by atoms with Gasteiger partial charge in [-0.05, 0) is 54.7 Å². The molecule has 192 valence electrons. The number of amides is 2. The van der Waals surface area contributed by atoms with Gasteiger partial charge in [-0.1, -0.05) is 74.8 Å². The molecule has 7 nitrogen and oxygen atoms in total. The number of hydrogen-bond donors (Lipinski definition) is 2. The highest BCUT2D eigenvalue weighted by Crippen LogP contribution is 2.27. The zero-order valence-corrected chi connectivity index (χ0v) is 23.3. The summed E-state index contributed by atoms with van der Waals surface area (Å²) in [4.78, 5) is 25.5. The van der Waals surface area contributed by atoms with E-state index in [-0.39, 0.29) is 29.5 Å². The second kappa shape index (κ2) is 12.6. The number of rotatable bonds is 10.